The van der Waals surface area contributed by atoms with Crippen LogP contribution in [0.4, 0.5) is 17.6 Å². The fourth-order valence-corrected chi connectivity index (χ4v) is 1.22. The molecule has 0 aromatic heterocycles. The van der Waals surface area contributed by atoms with E-state index in [1.54, 1.807) is 0 Å². The minimum Gasteiger partial charge on any atom is -0.206 e. The predicted molar refractivity (Wildman–Crippen MR) is 43.8 cm³/mol. The predicted octanol–water partition coefficient (Wildman–Crippen LogP) is 3.48. The number of nitrogens with zero attached hydrogens (tertiary/aromatic N) is 1. The van der Waals surface area contributed by atoms with Gasteiger partial charge in [-0.15, -0.1) is 0 Å². The zero-order valence-corrected chi connectivity index (χ0v) is 8.08. The van der Waals surface area contributed by atoms with Crippen LogP contribution in [0.15, 0.2) is 16.6 Å². The van der Waals surface area contributed by atoms with Crippen LogP contribution in [0.1, 0.15) is 11.1 Å². The van der Waals surface area contributed by atoms with Crippen molar-refractivity contribution in [2.75, 3.05) is 0 Å². The average molecular weight is 268 g/mol. The van der Waals surface area contributed by atoms with Gasteiger partial charge in [-0.1, -0.05) is 0 Å². The van der Waals surface area contributed by atoms with Crippen LogP contribution >= 0.6 is 15.9 Å². The van der Waals surface area contributed by atoms with E-state index in [9.17, 15) is 17.6 Å². The van der Waals surface area contributed by atoms with Crippen LogP contribution in [-0.4, -0.2) is 0 Å². The molecule has 0 spiro atoms. The van der Waals surface area contributed by atoms with Gasteiger partial charge in [0.1, 0.15) is 5.82 Å². The summed E-state index contributed by atoms with van der Waals surface area (Å²) in [5, 5.41) is 8.37. The lowest BCUT2D eigenvalue weighted by Gasteiger charge is -2.09. The Hall–Kier alpha value is -1.09. The van der Waals surface area contributed by atoms with E-state index in [4.69, 9.17) is 5.26 Å². The molecule has 0 saturated heterocycles. The Morgan fingerprint density at radius 3 is 2.29 bits per heavy atom. The molecular formula is C8H2BrF4N. The highest BCUT2D eigenvalue weighted by molar-refractivity contribution is 9.10. The Morgan fingerprint density at radius 2 is 1.86 bits per heavy atom. The van der Waals surface area contributed by atoms with Crippen LogP contribution in [-0.2, 0) is 6.18 Å². The summed E-state index contributed by atoms with van der Waals surface area (Å²) in [4.78, 5) is 0. The molecule has 0 atom stereocenters. The largest absolute Gasteiger partial charge is 0.417 e. The van der Waals surface area contributed by atoms with Crippen molar-refractivity contribution in [1.82, 2.24) is 0 Å². The lowest BCUT2D eigenvalue weighted by molar-refractivity contribution is -0.137. The fourth-order valence-electron chi connectivity index (χ4n) is 0.874. The molecule has 1 nitrogen and oxygen atoms in total. The van der Waals surface area contributed by atoms with E-state index in [1.807, 2.05) is 0 Å². The zero-order valence-electron chi connectivity index (χ0n) is 6.49. The normalized spacial score (nSPS) is 11.1. The van der Waals surface area contributed by atoms with E-state index >= 15 is 0 Å². The number of rotatable bonds is 0. The highest BCUT2D eigenvalue weighted by Gasteiger charge is 2.34. The minimum atomic E-state index is -4.65. The Balaban J connectivity index is 3.45. The monoisotopic (exact) mass is 267 g/mol. The number of hydrogen-bond donors (Lipinski definition) is 0. The van der Waals surface area contributed by atoms with Crippen molar-refractivity contribution >= 4 is 15.9 Å². The summed E-state index contributed by atoms with van der Waals surface area (Å²) in [5.74, 6) is -0.894. The second kappa shape index (κ2) is 3.58. The van der Waals surface area contributed by atoms with Crippen molar-refractivity contribution in [3.05, 3.63) is 33.5 Å². The molecule has 1 aromatic carbocycles. The third-order valence-electron chi connectivity index (χ3n) is 1.49. The fraction of sp³-hybridized carbons (Fsp3) is 0.125. The van der Waals surface area contributed by atoms with Gasteiger partial charge in [-0.2, -0.15) is 18.4 Å². The van der Waals surface area contributed by atoms with Crippen LogP contribution in [0.2, 0.25) is 0 Å². The molecule has 0 heterocycles. The zero-order chi connectivity index (χ0) is 10.9. The Kier molecular flexibility index (Phi) is 2.81. The minimum absolute atomic E-state index is 0.316. The van der Waals surface area contributed by atoms with Crippen LogP contribution in [0.25, 0.3) is 0 Å². The summed E-state index contributed by atoms with van der Waals surface area (Å²) in [5.41, 5.74) is -1.87. The van der Waals surface area contributed by atoms with Gasteiger partial charge in [0, 0.05) is 0 Å². The average Bonchev–Trinajstić information content (AvgIpc) is 2.07. The van der Waals surface area contributed by atoms with Gasteiger partial charge in [-0.3, -0.25) is 0 Å². The summed E-state index contributed by atoms with van der Waals surface area (Å²) in [7, 11) is 0. The Morgan fingerprint density at radius 1 is 1.29 bits per heavy atom. The van der Waals surface area contributed by atoms with Crippen LogP contribution in [0.5, 0.6) is 0 Å². The van der Waals surface area contributed by atoms with Gasteiger partial charge >= 0.3 is 6.18 Å². The van der Waals surface area contributed by atoms with Gasteiger partial charge in [-0.25, -0.2) is 4.39 Å². The molecule has 0 aliphatic heterocycles. The Bertz CT molecular complexity index is 405. The molecule has 1 aromatic rings. The number of nitriles is 1. The summed E-state index contributed by atoms with van der Waals surface area (Å²) in [6, 6.07) is 2.39. The maximum Gasteiger partial charge on any atom is 0.417 e. The number of alkyl halides is 3. The maximum atomic E-state index is 12.8. The Labute approximate surface area is 85.1 Å². The van der Waals surface area contributed by atoms with Crippen molar-refractivity contribution in [2.45, 2.75) is 6.18 Å². The first-order chi connectivity index (χ1) is 6.36. The molecule has 0 amide bonds. The van der Waals surface area contributed by atoms with E-state index in [-0.39, 0.29) is 4.47 Å². The van der Waals surface area contributed by atoms with E-state index in [0.717, 1.165) is 0 Å². The topological polar surface area (TPSA) is 23.8 Å². The maximum absolute atomic E-state index is 12.8. The molecule has 0 saturated carbocycles. The SMILES string of the molecule is N#Cc1cc(F)c(Br)cc1C(F)(F)F. The van der Waals surface area contributed by atoms with Gasteiger partial charge in [0.25, 0.3) is 0 Å². The van der Waals surface area contributed by atoms with E-state index < -0.39 is 23.1 Å². The molecule has 74 valence electrons. The van der Waals surface area contributed by atoms with Crippen molar-refractivity contribution in [3.63, 3.8) is 0 Å². The molecular weight excluding hydrogens is 266 g/mol. The van der Waals surface area contributed by atoms with Crippen LogP contribution in [0.3, 0.4) is 0 Å². The quantitative estimate of drug-likeness (QED) is 0.661. The first-order valence-corrected chi connectivity index (χ1v) is 4.12. The third kappa shape index (κ3) is 2.04. The second-order valence-electron chi connectivity index (χ2n) is 2.42. The third-order valence-corrected chi connectivity index (χ3v) is 2.09. The summed E-state index contributed by atoms with van der Waals surface area (Å²) in [6.07, 6.45) is -4.65. The van der Waals surface area contributed by atoms with E-state index in [1.165, 1.54) is 6.07 Å². The lowest BCUT2D eigenvalue weighted by atomic mass is 10.1. The second-order valence-corrected chi connectivity index (χ2v) is 3.28. The van der Waals surface area contributed by atoms with Gasteiger partial charge in [0.2, 0.25) is 0 Å². The molecule has 1 rings (SSSR count). The molecule has 0 radical (unpaired) electrons. The molecule has 0 unspecified atom stereocenters. The smallest absolute Gasteiger partial charge is 0.206 e. The highest BCUT2D eigenvalue weighted by Crippen LogP contribution is 2.34. The highest BCUT2D eigenvalue weighted by atomic mass is 79.9. The number of benzene rings is 1. The molecule has 6 heteroatoms. The van der Waals surface area contributed by atoms with Crippen molar-refractivity contribution in [2.24, 2.45) is 0 Å². The summed E-state index contributed by atoms with van der Waals surface area (Å²) >= 11 is 2.62. The molecule has 0 fully saturated rings. The van der Waals surface area contributed by atoms with Crippen molar-refractivity contribution in [3.8, 4) is 6.07 Å². The van der Waals surface area contributed by atoms with Crippen LogP contribution in [0, 0.1) is 17.1 Å². The number of halogens is 5. The summed E-state index contributed by atoms with van der Waals surface area (Å²) < 4.78 is 49.2. The molecule has 0 aliphatic carbocycles. The molecule has 0 aliphatic rings. The lowest BCUT2D eigenvalue weighted by Crippen LogP contribution is -2.08. The molecule has 14 heavy (non-hydrogen) atoms. The van der Waals surface area contributed by atoms with Crippen molar-refractivity contribution in [1.29, 1.82) is 5.26 Å². The van der Waals surface area contributed by atoms with Gasteiger partial charge in [0.05, 0.1) is 21.7 Å². The first-order valence-electron chi connectivity index (χ1n) is 3.32. The van der Waals surface area contributed by atoms with E-state index in [2.05, 4.69) is 15.9 Å². The molecule has 0 N–H and O–H groups in total. The van der Waals surface area contributed by atoms with E-state index in [0.29, 0.717) is 12.1 Å². The van der Waals surface area contributed by atoms with Gasteiger partial charge in [-0.05, 0) is 28.1 Å². The van der Waals surface area contributed by atoms with Gasteiger partial charge < -0.3 is 0 Å². The summed E-state index contributed by atoms with van der Waals surface area (Å²) in [6.45, 7) is 0. The van der Waals surface area contributed by atoms with Gasteiger partial charge in [0.15, 0.2) is 0 Å². The van der Waals surface area contributed by atoms with Crippen LogP contribution < -0.4 is 0 Å². The first kappa shape index (κ1) is 11.0. The molecule has 0 bridgehead atoms. The van der Waals surface area contributed by atoms with Crippen molar-refractivity contribution < 1.29 is 17.6 Å². The number of hydrogen-bond acceptors (Lipinski definition) is 1. The standard InChI is InChI=1S/C8H2BrF4N/c9-6-2-5(8(11,12)13)4(3-14)1-7(6)10/h1-2H.